The van der Waals surface area contributed by atoms with Crippen molar-refractivity contribution in [1.82, 2.24) is 15.1 Å². The van der Waals surface area contributed by atoms with Crippen molar-refractivity contribution in [2.45, 2.75) is 37.7 Å². The maximum Gasteiger partial charge on any atom is 0.236 e. The lowest BCUT2D eigenvalue weighted by atomic mass is 9.83. The number of furan rings is 1. The number of fused-ring (bicyclic) bond motifs is 4. The van der Waals surface area contributed by atoms with E-state index in [0.29, 0.717) is 32.6 Å². The van der Waals surface area contributed by atoms with E-state index >= 15 is 0 Å². The molecule has 6 atom stereocenters. The molecule has 152 valence electrons. The van der Waals surface area contributed by atoms with Crippen molar-refractivity contribution in [3.8, 4) is 0 Å². The fourth-order valence-electron chi connectivity index (χ4n) is 5.24. The normalized spacial score (nSPS) is 36.8. The number of aliphatic hydroxyl groups excluding tert-OH is 1. The van der Waals surface area contributed by atoms with E-state index in [1.807, 2.05) is 11.0 Å². The molecule has 0 aliphatic carbocycles. The maximum atomic E-state index is 12.8. The van der Waals surface area contributed by atoms with Gasteiger partial charge in [-0.15, -0.1) is 0 Å². The molecule has 0 spiro atoms. The second-order valence-corrected chi connectivity index (χ2v) is 8.58. The summed E-state index contributed by atoms with van der Waals surface area (Å²) in [5.74, 6) is 0.0336. The fraction of sp³-hybridized carbons (Fsp3) is 0.700. The Labute approximate surface area is 163 Å². The van der Waals surface area contributed by atoms with Gasteiger partial charge in [-0.05, 0) is 18.9 Å². The molecule has 8 heteroatoms. The summed E-state index contributed by atoms with van der Waals surface area (Å²) in [7, 11) is 0. The van der Waals surface area contributed by atoms with Gasteiger partial charge in [-0.25, -0.2) is 0 Å². The molecule has 2 amide bonds. The molecule has 5 heterocycles. The molecule has 1 unspecified atom stereocenters. The third-order valence-corrected chi connectivity index (χ3v) is 6.90. The first-order valence-electron chi connectivity index (χ1n) is 10.2. The summed E-state index contributed by atoms with van der Waals surface area (Å²) < 4.78 is 11.1. The zero-order chi connectivity index (χ0) is 19.3. The zero-order valence-electron chi connectivity index (χ0n) is 15.8. The van der Waals surface area contributed by atoms with Crippen LogP contribution in [0.5, 0.6) is 0 Å². The predicted molar refractivity (Wildman–Crippen MR) is 97.9 cm³/mol. The van der Waals surface area contributed by atoms with Gasteiger partial charge >= 0.3 is 0 Å². The minimum absolute atomic E-state index is 0.0309. The number of rotatable bonds is 5. The van der Waals surface area contributed by atoms with Crippen LogP contribution in [0, 0.1) is 17.8 Å². The number of likely N-dealkylation sites (tertiary alicyclic amines) is 2. The topological polar surface area (TPSA) is 95.2 Å². The third kappa shape index (κ3) is 3.13. The maximum absolute atomic E-state index is 12.8. The number of aliphatic hydroxyl groups is 1. The Hall–Kier alpha value is -1.90. The van der Waals surface area contributed by atoms with E-state index in [4.69, 9.17) is 9.15 Å². The lowest BCUT2D eigenvalue weighted by molar-refractivity contribution is -0.140. The van der Waals surface area contributed by atoms with E-state index in [0.717, 1.165) is 25.1 Å². The number of nitrogens with one attached hydrogen (secondary N) is 1. The van der Waals surface area contributed by atoms with E-state index in [1.54, 1.807) is 12.5 Å². The highest BCUT2D eigenvalue weighted by Gasteiger charge is 2.57. The third-order valence-electron chi connectivity index (χ3n) is 6.90. The zero-order valence-corrected chi connectivity index (χ0v) is 15.8. The molecule has 0 saturated carbocycles. The number of hydrogen-bond acceptors (Lipinski definition) is 6. The average molecular weight is 389 g/mol. The smallest absolute Gasteiger partial charge is 0.236 e. The van der Waals surface area contributed by atoms with E-state index in [2.05, 4.69) is 10.2 Å². The van der Waals surface area contributed by atoms with Gasteiger partial charge in [-0.1, -0.05) is 0 Å². The summed E-state index contributed by atoms with van der Waals surface area (Å²) in [5.41, 5.74) is 0.921. The number of carbonyl (C=O) groups is 2. The monoisotopic (exact) mass is 389 g/mol. The molecule has 2 bridgehead atoms. The van der Waals surface area contributed by atoms with Crippen LogP contribution in [0.4, 0.5) is 0 Å². The number of hydrogen-bond donors (Lipinski definition) is 2. The van der Waals surface area contributed by atoms with Gasteiger partial charge in [0.25, 0.3) is 0 Å². The van der Waals surface area contributed by atoms with Crippen LogP contribution in [-0.4, -0.2) is 77.8 Å². The van der Waals surface area contributed by atoms with Crippen LogP contribution < -0.4 is 5.32 Å². The Balaban J connectivity index is 1.23. The van der Waals surface area contributed by atoms with E-state index in [9.17, 15) is 14.7 Å². The van der Waals surface area contributed by atoms with E-state index < -0.39 is 6.10 Å². The highest BCUT2D eigenvalue weighted by molar-refractivity contribution is 5.80. The second-order valence-electron chi connectivity index (χ2n) is 8.58. The standard InChI is InChI=1S/C20H27N3O5/c24-17(23-3-1-4-23)10-22-8-14-15(9-22)19-13(6-16(28-19)18(14)25)20(26)21-7-12-2-5-27-11-12/h2,5,11,13-16,18-19,25H,1,3-4,6-10H2,(H,21,26)/t13?,14-,15+,16+,18+,19-/m1/s1. The summed E-state index contributed by atoms with van der Waals surface area (Å²) in [6.07, 6.45) is 3.80. The molecule has 4 fully saturated rings. The Bertz CT molecular complexity index is 734. The minimum atomic E-state index is -0.572. The largest absolute Gasteiger partial charge is 0.472 e. The Morgan fingerprint density at radius 2 is 2.07 bits per heavy atom. The number of amides is 2. The van der Waals surface area contributed by atoms with Crippen LogP contribution in [0.3, 0.4) is 0 Å². The number of ether oxygens (including phenoxy) is 1. The van der Waals surface area contributed by atoms with Crippen LogP contribution in [-0.2, 0) is 20.9 Å². The van der Waals surface area contributed by atoms with E-state index in [1.165, 1.54) is 0 Å². The van der Waals surface area contributed by atoms with Crippen LogP contribution in [0.25, 0.3) is 0 Å². The summed E-state index contributed by atoms with van der Waals surface area (Å²) in [6.45, 7) is 3.93. The van der Waals surface area contributed by atoms with Crippen LogP contribution in [0.1, 0.15) is 18.4 Å². The van der Waals surface area contributed by atoms with E-state index in [-0.39, 0.29) is 41.8 Å². The molecule has 0 radical (unpaired) electrons. The predicted octanol–water partition coefficient (Wildman–Crippen LogP) is -0.176. The van der Waals surface area contributed by atoms with Crippen LogP contribution in [0.2, 0.25) is 0 Å². The summed E-state index contributed by atoms with van der Waals surface area (Å²) in [5, 5.41) is 13.7. The number of nitrogens with zero attached hydrogens (tertiary/aromatic N) is 2. The van der Waals surface area contributed by atoms with Crippen molar-refractivity contribution >= 4 is 11.8 Å². The molecule has 4 saturated heterocycles. The molecule has 28 heavy (non-hydrogen) atoms. The molecule has 1 aromatic rings. The molecule has 4 aliphatic rings. The van der Waals surface area contributed by atoms with Gasteiger partial charge in [0.1, 0.15) is 0 Å². The first-order chi connectivity index (χ1) is 13.6. The Morgan fingerprint density at radius 3 is 2.79 bits per heavy atom. The minimum Gasteiger partial charge on any atom is -0.472 e. The van der Waals surface area contributed by atoms with Crippen LogP contribution in [0.15, 0.2) is 23.0 Å². The molecule has 0 aromatic carbocycles. The van der Waals surface area contributed by atoms with Gasteiger partial charge in [0.2, 0.25) is 11.8 Å². The fourth-order valence-corrected chi connectivity index (χ4v) is 5.24. The van der Waals surface area contributed by atoms with Crippen LogP contribution >= 0.6 is 0 Å². The highest BCUT2D eigenvalue weighted by Crippen LogP contribution is 2.46. The van der Waals surface area contributed by atoms with Crippen molar-refractivity contribution in [3.63, 3.8) is 0 Å². The molecule has 1 aromatic heterocycles. The second kappa shape index (κ2) is 7.17. The highest BCUT2D eigenvalue weighted by atomic mass is 16.5. The van der Waals surface area contributed by atoms with Crippen molar-refractivity contribution in [2.75, 3.05) is 32.7 Å². The number of carbonyl (C=O) groups excluding carboxylic acids is 2. The first kappa shape index (κ1) is 18.1. The average Bonchev–Trinajstić information content (AvgIpc) is 3.35. The molecule has 8 nitrogen and oxygen atoms in total. The Morgan fingerprint density at radius 1 is 1.25 bits per heavy atom. The molecular weight excluding hydrogens is 362 g/mol. The molecule has 4 aliphatic heterocycles. The van der Waals surface area contributed by atoms with Gasteiger partial charge in [-0.2, -0.15) is 0 Å². The lowest BCUT2D eigenvalue weighted by Gasteiger charge is -2.36. The van der Waals surface area contributed by atoms with Gasteiger partial charge < -0.3 is 24.5 Å². The molecule has 5 rings (SSSR count). The van der Waals surface area contributed by atoms with Crippen molar-refractivity contribution in [3.05, 3.63) is 24.2 Å². The van der Waals surface area contributed by atoms with Gasteiger partial charge in [0, 0.05) is 50.1 Å². The van der Waals surface area contributed by atoms with Gasteiger partial charge in [-0.3, -0.25) is 14.5 Å². The quantitative estimate of drug-likeness (QED) is 0.726. The summed E-state index contributed by atoms with van der Waals surface area (Å²) in [4.78, 5) is 29.1. The first-order valence-corrected chi connectivity index (χ1v) is 10.2. The van der Waals surface area contributed by atoms with Crippen molar-refractivity contribution in [1.29, 1.82) is 0 Å². The molecular formula is C20H27N3O5. The Kier molecular flexibility index (Phi) is 4.65. The lowest BCUT2D eigenvalue weighted by Crippen LogP contribution is -2.47. The van der Waals surface area contributed by atoms with Gasteiger partial charge in [0.15, 0.2) is 0 Å². The van der Waals surface area contributed by atoms with Crippen molar-refractivity contribution < 1.29 is 23.8 Å². The summed E-state index contributed by atoms with van der Waals surface area (Å²) >= 11 is 0. The summed E-state index contributed by atoms with van der Waals surface area (Å²) in [6, 6.07) is 1.83. The molecule has 2 N–H and O–H groups in total. The SMILES string of the molecule is O=C(NCc1ccoc1)C1C[C@@H]2O[C@H]1[C@H]1CN(CC(=O)N3CCC3)C[C@H]1[C@@H]2O. The van der Waals surface area contributed by atoms with Gasteiger partial charge in [0.05, 0.1) is 43.3 Å². The van der Waals surface area contributed by atoms with Crippen molar-refractivity contribution in [2.24, 2.45) is 17.8 Å².